The van der Waals surface area contributed by atoms with Crippen LogP contribution in [0.25, 0.3) is 0 Å². The summed E-state index contributed by atoms with van der Waals surface area (Å²) < 4.78 is 0. The van der Waals surface area contributed by atoms with Crippen molar-refractivity contribution in [1.82, 2.24) is 0 Å². The number of aliphatic hydroxyl groups is 1. The number of hydrogen-bond acceptors (Lipinski definition) is 1. The van der Waals surface area contributed by atoms with Crippen LogP contribution in [0.3, 0.4) is 0 Å². The summed E-state index contributed by atoms with van der Waals surface area (Å²) in [4.78, 5) is 0. The summed E-state index contributed by atoms with van der Waals surface area (Å²) in [7, 11) is 0. The molecule has 0 unspecified atom stereocenters. The molecule has 1 N–H and O–H groups in total. The van der Waals surface area contributed by atoms with Gasteiger partial charge in [-0.05, 0) is 12.8 Å². The number of hydrogen-bond donors (Lipinski definition) is 1. The standard InChI is InChI=1S/C5H11O.K.H/c1-2-3-4-5-6;;/h4,6H,2-3,5H2,1H3;;. The molecule has 2 heteroatoms. The van der Waals surface area contributed by atoms with Crippen molar-refractivity contribution >= 4 is 51.4 Å². The molecule has 39 valence electrons. The van der Waals surface area contributed by atoms with Crippen molar-refractivity contribution in [1.29, 1.82) is 0 Å². The fourth-order valence-corrected chi connectivity index (χ4v) is 0.295. The first-order valence-corrected chi connectivity index (χ1v) is 2.34. The van der Waals surface area contributed by atoms with Crippen LogP contribution < -0.4 is 0 Å². The first kappa shape index (κ1) is 11.4. The van der Waals surface area contributed by atoms with Gasteiger partial charge >= 0.3 is 51.4 Å². The second kappa shape index (κ2) is 10.6. The Kier molecular flexibility index (Phi) is 17.2. The Hall–Kier alpha value is 1.60. The van der Waals surface area contributed by atoms with Crippen molar-refractivity contribution < 1.29 is 5.11 Å². The van der Waals surface area contributed by atoms with Gasteiger partial charge in [0.25, 0.3) is 0 Å². The number of aliphatic hydroxyl groups excluding tert-OH is 1. The fourth-order valence-electron chi connectivity index (χ4n) is 0.295. The second-order valence-electron chi connectivity index (χ2n) is 1.26. The Labute approximate surface area is 87.9 Å². The Balaban J connectivity index is 0. The molecule has 0 atom stereocenters. The fraction of sp³-hybridized carbons (Fsp3) is 0.800. The molecule has 0 fully saturated rings. The molecule has 0 saturated carbocycles. The summed E-state index contributed by atoms with van der Waals surface area (Å²) in [6.45, 7) is 2.32. The minimum absolute atomic E-state index is 0. The van der Waals surface area contributed by atoms with E-state index < -0.39 is 0 Å². The predicted octanol–water partition coefficient (Wildman–Crippen LogP) is 0.335. The zero-order valence-corrected chi connectivity index (χ0v) is 4.15. The quantitative estimate of drug-likeness (QED) is 0.428. The molecule has 0 heterocycles. The molecule has 0 spiro atoms. The summed E-state index contributed by atoms with van der Waals surface area (Å²) >= 11 is 0. The third-order valence-corrected chi connectivity index (χ3v) is 0.622. The van der Waals surface area contributed by atoms with Crippen LogP contribution >= 0.6 is 0 Å². The Morgan fingerprint density at radius 1 is 1.57 bits per heavy atom. The van der Waals surface area contributed by atoms with Gasteiger partial charge in [0, 0.05) is 6.61 Å². The SMILES string of the molecule is CCC[CH]CO.[KH]. The van der Waals surface area contributed by atoms with Gasteiger partial charge in [-0.15, -0.1) is 0 Å². The van der Waals surface area contributed by atoms with Crippen LogP contribution in [0.1, 0.15) is 19.8 Å². The van der Waals surface area contributed by atoms with Crippen LogP contribution in [-0.4, -0.2) is 63.1 Å². The summed E-state index contributed by atoms with van der Waals surface area (Å²) in [5.41, 5.74) is 0. The molecule has 0 saturated heterocycles. The van der Waals surface area contributed by atoms with Crippen molar-refractivity contribution in [2.75, 3.05) is 6.61 Å². The molecule has 0 rings (SSSR count). The van der Waals surface area contributed by atoms with E-state index in [0.29, 0.717) is 0 Å². The van der Waals surface area contributed by atoms with E-state index in [1.807, 2.05) is 6.42 Å². The van der Waals surface area contributed by atoms with E-state index >= 15 is 0 Å². The van der Waals surface area contributed by atoms with Crippen LogP contribution in [0, 0.1) is 6.42 Å². The molecule has 7 heavy (non-hydrogen) atoms. The summed E-state index contributed by atoms with van der Waals surface area (Å²) in [6, 6.07) is 0. The van der Waals surface area contributed by atoms with E-state index in [1.54, 1.807) is 0 Å². The molecule has 0 aliphatic heterocycles. The molecule has 0 aliphatic rings. The molecule has 0 aromatic carbocycles. The van der Waals surface area contributed by atoms with Gasteiger partial charge in [-0.2, -0.15) is 0 Å². The van der Waals surface area contributed by atoms with Crippen molar-refractivity contribution in [3.8, 4) is 0 Å². The average Bonchev–Trinajstić information content (AvgIpc) is 1.61. The van der Waals surface area contributed by atoms with Crippen molar-refractivity contribution in [3.05, 3.63) is 6.42 Å². The van der Waals surface area contributed by atoms with Gasteiger partial charge < -0.3 is 5.11 Å². The van der Waals surface area contributed by atoms with Crippen LogP contribution in [0.4, 0.5) is 0 Å². The third kappa shape index (κ3) is 11.3. The van der Waals surface area contributed by atoms with E-state index in [9.17, 15) is 0 Å². The topological polar surface area (TPSA) is 20.2 Å². The van der Waals surface area contributed by atoms with Crippen LogP contribution in [-0.2, 0) is 0 Å². The summed E-state index contributed by atoms with van der Waals surface area (Å²) in [5.74, 6) is 0. The van der Waals surface area contributed by atoms with Crippen molar-refractivity contribution in [2.45, 2.75) is 19.8 Å². The maximum absolute atomic E-state index is 8.14. The predicted molar refractivity (Wildman–Crippen MR) is 33.4 cm³/mol. The molecule has 0 amide bonds. The number of rotatable bonds is 3. The van der Waals surface area contributed by atoms with Crippen LogP contribution in [0.2, 0.25) is 0 Å². The van der Waals surface area contributed by atoms with E-state index in [2.05, 4.69) is 6.92 Å². The zero-order chi connectivity index (χ0) is 4.83. The first-order chi connectivity index (χ1) is 2.91. The molecular weight excluding hydrogens is 115 g/mol. The number of unbranched alkanes of at least 4 members (excludes halogenated alkanes) is 2. The molecule has 1 radical (unpaired) electrons. The van der Waals surface area contributed by atoms with Crippen molar-refractivity contribution in [2.24, 2.45) is 0 Å². The minimum atomic E-state index is 0. The van der Waals surface area contributed by atoms with E-state index in [-0.39, 0.29) is 58.0 Å². The molecular formula is C5H12KO. The molecule has 0 aromatic heterocycles. The Morgan fingerprint density at radius 2 is 2.14 bits per heavy atom. The second-order valence-corrected chi connectivity index (χ2v) is 1.26. The monoisotopic (exact) mass is 127 g/mol. The van der Waals surface area contributed by atoms with Gasteiger partial charge in [0.15, 0.2) is 0 Å². The Bertz CT molecular complexity index is 20.0. The van der Waals surface area contributed by atoms with E-state index in [4.69, 9.17) is 5.11 Å². The van der Waals surface area contributed by atoms with Crippen LogP contribution in [0.15, 0.2) is 0 Å². The first-order valence-electron chi connectivity index (χ1n) is 2.34. The zero-order valence-electron chi connectivity index (χ0n) is 4.15. The average molecular weight is 127 g/mol. The maximum atomic E-state index is 8.14. The van der Waals surface area contributed by atoms with Crippen molar-refractivity contribution in [3.63, 3.8) is 0 Å². The normalized spacial score (nSPS) is 7.71. The van der Waals surface area contributed by atoms with E-state index in [0.717, 1.165) is 12.8 Å². The molecule has 0 aromatic rings. The Morgan fingerprint density at radius 3 is 2.29 bits per heavy atom. The van der Waals surface area contributed by atoms with Gasteiger partial charge in [-0.3, -0.25) is 0 Å². The van der Waals surface area contributed by atoms with E-state index in [1.165, 1.54) is 0 Å². The van der Waals surface area contributed by atoms with Gasteiger partial charge in [-0.1, -0.05) is 13.3 Å². The summed E-state index contributed by atoms with van der Waals surface area (Å²) in [6.07, 6.45) is 4.04. The molecule has 0 aliphatic carbocycles. The van der Waals surface area contributed by atoms with Gasteiger partial charge in [0.2, 0.25) is 0 Å². The van der Waals surface area contributed by atoms with Gasteiger partial charge in [0.05, 0.1) is 0 Å². The third-order valence-electron chi connectivity index (χ3n) is 0.622. The van der Waals surface area contributed by atoms with Gasteiger partial charge in [-0.25, -0.2) is 0 Å². The summed E-state index contributed by atoms with van der Waals surface area (Å²) in [5, 5.41) is 8.14. The van der Waals surface area contributed by atoms with Crippen LogP contribution in [0.5, 0.6) is 0 Å². The van der Waals surface area contributed by atoms with Gasteiger partial charge in [0.1, 0.15) is 0 Å². The molecule has 1 nitrogen and oxygen atoms in total. The molecule has 0 bridgehead atoms.